The van der Waals surface area contributed by atoms with Crippen LogP contribution in [-0.2, 0) is 0 Å². The van der Waals surface area contributed by atoms with Gasteiger partial charge in [0.1, 0.15) is 0 Å². The molecule has 0 aromatic carbocycles. The van der Waals surface area contributed by atoms with E-state index in [9.17, 15) is 0 Å². The van der Waals surface area contributed by atoms with Gasteiger partial charge in [0.05, 0.1) is 0 Å². The molecule has 0 aliphatic carbocycles. The number of hydrogen-bond donors (Lipinski definition) is 1. The van der Waals surface area contributed by atoms with E-state index in [1.165, 1.54) is 31.4 Å². The normalized spacial score (nSPS) is 17.7. The van der Waals surface area contributed by atoms with Crippen molar-refractivity contribution in [1.29, 1.82) is 0 Å². The van der Waals surface area contributed by atoms with Crippen LogP contribution in [0.5, 0.6) is 0 Å². The van der Waals surface area contributed by atoms with E-state index in [-0.39, 0.29) is 5.54 Å². The van der Waals surface area contributed by atoms with E-state index in [4.69, 9.17) is 0 Å². The lowest BCUT2D eigenvalue weighted by Gasteiger charge is -2.38. The van der Waals surface area contributed by atoms with Crippen molar-refractivity contribution in [3.63, 3.8) is 0 Å². The molecule has 1 saturated heterocycles. The van der Waals surface area contributed by atoms with Crippen LogP contribution in [0, 0.1) is 0 Å². The Balaban J connectivity index is 1.83. The molecule has 0 radical (unpaired) electrons. The molecule has 1 aliphatic rings. The largest absolute Gasteiger partial charge is 0.371 e. The van der Waals surface area contributed by atoms with E-state index < -0.39 is 0 Å². The molecule has 2 rings (SSSR count). The first-order valence-electron chi connectivity index (χ1n) is 7.53. The summed E-state index contributed by atoms with van der Waals surface area (Å²) in [4.78, 5) is 6.55. The molecule has 3 nitrogen and oxygen atoms in total. The average Bonchev–Trinajstić information content (AvgIpc) is 2.40. The summed E-state index contributed by atoms with van der Waals surface area (Å²) in [5.74, 6) is 0. The zero-order valence-corrected chi connectivity index (χ0v) is 12.5. The van der Waals surface area contributed by atoms with E-state index in [0.717, 1.165) is 13.1 Å². The summed E-state index contributed by atoms with van der Waals surface area (Å²) in [5, 5.41) is 3.83. The maximum absolute atomic E-state index is 4.09. The quantitative estimate of drug-likeness (QED) is 0.882. The number of rotatable bonds is 5. The van der Waals surface area contributed by atoms with Gasteiger partial charge in [-0.1, -0.05) is 13.3 Å². The van der Waals surface area contributed by atoms with Crippen LogP contribution in [0.3, 0.4) is 0 Å². The van der Waals surface area contributed by atoms with E-state index in [0.29, 0.717) is 6.04 Å². The Bertz CT molecular complexity index is 367. The Morgan fingerprint density at radius 1 is 1.26 bits per heavy atom. The maximum Gasteiger partial charge on any atom is 0.0397 e. The number of anilines is 1. The number of aromatic nitrogens is 1. The van der Waals surface area contributed by atoms with Gasteiger partial charge in [0, 0.05) is 42.8 Å². The Kier molecular flexibility index (Phi) is 4.81. The highest BCUT2D eigenvalue weighted by Crippen LogP contribution is 2.21. The molecular formula is C16H27N3. The minimum atomic E-state index is 0.276. The van der Waals surface area contributed by atoms with E-state index in [2.05, 4.69) is 48.1 Å². The highest BCUT2D eigenvalue weighted by molar-refractivity contribution is 5.44. The molecule has 19 heavy (non-hydrogen) atoms. The minimum absolute atomic E-state index is 0.276. The smallest absolute Gasteiger partial charge is 0.0397 e. The van der Waals surface area contributed by atoms with Gasteiger partial charge in [-0.05, 0) is 45.2 Å². The van der Waals surface area contributed by atoms with Crippen LogP contribution in [0.4, 0.5) is 5.69 Å². The van der Waals surface area contributed by atoms with Crippen molar-refractivity contribution in [2.75, 3.05) is 18.0 Å². The van der Waals surface area contributed by atoms with Gasteiger partial charge in [0.15, 0.2) is 0 Å². The second-order valence-corrected chi connectivity index (χ2v) is 6.24. The zero-order chi connectivity index (χ0) is 13.7. The number of pyridine rings is 1. The van der Waals surface area contributed by atoms with Crippen LogP contribution in [0.15, 0.2) is 24.5 Å². The third-order valence-corrected chi connectivity index (χ3v) is 3.99. The van der Waals surface area contributed by atoms with Crippen molar-refractivity contribution in [3.8, 4) is 0 Å². The number of nitrogens with zero attached hydrogens (tertiary/aromatic N) is 2. The number of nitrogens with one attached hydrogen (secondary N) is 1. The Morgan fingerprint density at radius 3 is 2.47 bits per heavy atom. The molecular weight excluding hydrogens is 234 g/mol. The Morgan fingerprint density at radius 2 is 1.89 bits per heavy atom. The van der Waals surface area contributed by atoms with Gasteiger partial charge in [-0.25, -0.2) is 0 Å². The third-order valence-electron chi connectivity index (χ3n) is 3.99. The zero-order valence-electron chi connectivity index (χ0n) is 12.5. The van der Waals surface area contributed by atoms with Crippen molar-refractivity contribution in [3.05, 3.63) is 24.5 Å². The maximum atomic E-state index is 4.09. The van der Waals surface area contributed by atoms with Gasteiger partial charge in [0.25, 0.3) is 0 Å². The van der Waals surface area contributed by atoms with Crippen molar-refractivity contribution in [2.24, 2.45) is 0 Å². The van der Waals surface area contributed by atoms with Gasteiger partial charge >= 0.3 is 0 Å². The second kappa shape index (κ2) is 6.38. The molecule has 1 aliphatic heterocycles. The second-order valence-electron chi connectivity index (χ2n) is 6.24. The van der Waals surface area contributed by atoms with E-state index in [1.54, 1.807) is 0 Å². The summed E-state index contributed by atoms with van der Waals surface area (Å²) in [6.45, 7) is 9.20. The summed E-state index contributed by atoms with van der Waals surface area (Å²) in [6.07, 6.45) is 8.71. The lowest BCUT2D eigenvalue weighted by molar-refractivity contribution is 0.282. The van der Waals surface area contributed by atoms with Crippen LogP contribution in [0.25, 0.3) is 0 Å². The molecule has 0 unspecified atom stereocenters. The van der Waals surface area contributed by atoms with Crippen molar-refractivity contribution >= 4 is 5.69 Å². The Labute approximate surface area is 117 Å². The summed E-state index contributed by atoms with van der Waals surface area (Å²) < 4.78 is 0. The SMILES string of the molecule is CCCC(C)(C)NC1CCN(c2ccncc2)CC1. The standard InChI is InChI=1S/C16H27N3/c1-4-9-16(2,3)18-14-7-12-19(13-8-14)15-5-10-17-11-6-15/h5-6,10-11,14,18H,4,7-9,12-13H2,1-3H3. The Hall–Kier alpha value is -1.09. The first-order valence-corrected chi connectivity index (χ1v) is 7.53. The number of piperidine rings is 1. The third kappa shape index (κ3) is 4.20. The summed E-state index contributed by atoms with van der Waals surface area (Å²) >= 11 is 0. The average molecular weight is 261 g/mol. The van der Waals surface area contributed by atoms with Crippen molar-refractivity contribution in [2.45, 2.75) is 58.0 Å². The molecule has 3 heteroatoms. The van der Waals surface area contributed by atoms with Crippen LogP contribution in [-0.4, -0.2) is 29.7 Å². The van der Waals surface area contributed by atoms with Crippen LogP contribution < -0.4 is 10.2 Å². The summed E-state index contributed by atoms with van der Waals surface area (Å²) in [7, 11) is 0. The molecule has 1 aromatic heterocycles. The van der Waals surface area contributed by atoms with E-state index >= 15 is 0 Å². The fraction of sp³-hybridized carbons (Fsp3) is 0.688. The molecule has 0 amide bonds. The van der Waals surface area contributed by atoms with Crippen molar-refractivity contribution in [1.82, 2.24) is 10.3 Å². The van der Waals surface area contributed by atoms with Gasteiger partial charge in [-0.2, -0.15) is 0 Å². The molecule has 1 N–H and O–H groups in total. The van der Waals surface area contributed by atoms with E-state index in [1.807, 2.05) is 12.4 Å². The molecule has 1 aromatic rings. The highest BCUT2D eigenvalue weighted by atomic mass is 15.2. The molecule has 0 bridgehead atoms. The van der Waals surface area contributed by atoms with Gasteiger partial charge in [-0.3, -0.25) is 4.98 Å². The molecule has 0 spiro atoms. The fourth-order valence-electron chi connectivity index (χ4n) is 3.09. The first kappa shape index (κ1) is 14.3. The topological polar surface area (TPSA) is 28.2 Å². The van der Waals surface area contributed by atoms with Crippen LogP contribution in [0.2, 0.25) is 0 Å². The highest BCUT2D eigenvalue weighted by Gasteiger charge is 2.25. The van der Waals surface area contributed by atoms with Crippen LogP contribution in [0.1, 0.15) is 46.5 Å². The molecule has 0 atom stereocenters. The van der Waals surface area contributed by atoms with Crippen LogP contribution >= 0.6 is 0 Å². The van der Waals surface area contributed by atoms with Gasteiger partial charge in [-0.15, -0.1) is 0 Å². The summed E-state index contributed by atoms with van der Waals surface area (Å²) in [5.41, 5.74) is 1.58. The molecule has 106 valence electrons. The van der Waals surface area contributed by atoms with Gasteiger partial charge < -0.3 is 10.2 Å². The molecule has 2 heterocycles. The predicted octanol–water partition coefficient (Wildman–Crippen LogP) is 3.22. The fourth-order valence-corrected chi connectivity index (χ4v) is 3.09. The number of hydrogen-bond acceptors (Lipinski definition) is 3. The minimum Gasteiger partial charge on any atom is -0.371 e. The lowest BCUT2D eigenvalue weighted by atomic mass is 9.94. The molecule has 0 saturated carbocycles. The monoisotopic (exact) mass is 261 g/mol. The predicted molar refractivity (Wildman–Crippen MR) is 81.6 cm³/mol. The van der Waals surface area contributed by atoms with Gasteiger partial charge in [0.2, 0.25) is 0 Å². The first-order chi connectivity index (χ1) is 9.11. The lowest BCUT2D eigenvalue weighted by Crippen LogP contribution is -2.50. The summed E-state index contributed by atoms with van der Waals surface area (Å²) in [6, 6.07) is 4.88. The van der Waals surface area contributed by atoms with Crippen molar-refractivity contribution < 1.29 is 0 Å². The molecule has 1 fully saturated rings.